The molecule has 43 heavy (non-hydrogen) atoms. The van der Waals surface area contributed by atoms with Crippen LogP contribution in [0.5, 0.6) is 11.8 Å². The molecule has 0 spiro atoms. The molecule has 1 unspecified atom stereocenters. The number of rotatable bonds is 10. The number of hydrazine groups is 1. The molecule has 5 rings (SSSR count). The molecule has 7 N–H and O–H groups in total. The number of carbonyl (C=O) groups excluding carboxylic acids is 2. The van der Waals surface area contributed by atoms with Crippen molar-refractivity contribution in [1.82, 2.24) is 30.7 Å². The molecule has 224 valence electrons. The molecule has 15 heteroatoms. The van der Waals surface area contributed by atoms with Crippen molar-refractivity contribution >= 4 is 23.4 Å². The minimum Gasteiger partial charge on any atom is -0.497 e. The lowest BCUT2D eigenvalue weighted by molar-refractivity contribution is -0.122. The van der Waals surface area contributed by atoms with E-state index in [0.717, 1.165) is 5.17 Å². The molecule has 13 nitrogen and oxygen atoms in total. The molecule has 2 aromatic carbocycles. The first-order valence-electron chi connectivity index (χ1n) is 13.0. The Balaban J connectivity index is 1.32. The molecule has 0 saturated carbocycles. The van der Waals surface area contributed by atoms with Crippen LogP contribution >= 0.6 is 11.6 Å². The lowest BCUT2D eigenvalue weighted by Gasteiger charge is -2.23. The van der Waals surface area contributed by atoms with E-state index >= 15 is 4.39 Å². The van der Waals surface area contributed by atoms with Crippen LogP contribution in [0, 0.1) is 5.82 Å². The van der Waals surface area contributed by atoms with Crippen LogP contribution in [0.15, 0.2) is 66.3 Å². The molecular weight excluding hydrogens is 583 g/mol. The van der Waals surface area contributed by atoms with Crippen LogP contribution in [0.1, 0.15) is 27.5 Å². The van der Waals surface area contributed by atoms with Crippen LogP contribution in [0.4, 0.5) is 4.39 Å². The second-order valence-electron chi connectivity index (χ2n) is 9.58. The Morgan fingerprint density at radius 1 is 1.35 bits per heavy atom. The Hall–Kier alpha value is -4.92. The zero-order valence-corrected chi connectivity index (χ0v) is 23.6. The number of nitrogens with zero attached hydrogens (tertiary/aromatic N) is 4. The monoisotopic (exact) mass is 610 g/mol. The maximum atomic E-state index is 15.3. The van der Waals surface area contributed by atoms with Gasteiger partial charge in [0, 0.05) is 23.2 Å². The summed E-state index contributed by atoms with van der Waals surface area (Å²) in [5.74, 6) is 5.04. The fraction of sp³-hybridized carbons (Fsp3) is 0.214. The molecule has 0 aliphatic carbocycles. The summed E-state index contributed by atoms with van der Waals surface area (Å²) in [7, 11) is 1.51. The molecule has 2 amide bonds. The number of nitrogens with two attached hydrogens (primary N) is 2. The highest BCUT2D eigenvalue weighted by molar-refractivity contribution is 6.32. The SMILES string of the molecule is COc1cccc(C(CO)NC(=O)CN2Cc3c(F)cc(-c4nc(ON(N)C5=C(N)C=CCN5)ncc4Cl)cc3C2=O)c1. The topological polar surface area (TPSA) is 181 Å². The first-order chi connectivity index (χ1) is 20.7. The number of hydrogen-bond acceptors (Lipinski definition) is 11. The van der Waals surface area contributed by atoms with Crippen LogP contribution in [0.3, 0.4) is 0 Å². The van der Waals surface area contributed by atoms with E-state index in [1.54, 1.807) is 36.4 Å². The minimum absolute atomic E-state index is 0.0584. The van der Waals surface area contributed by atoms with Crippen molar-refractivity contribution in [2.75, 3.05) is 26.8 Å². The van der Waals surface area contributed by atoms with Gasteiger partial charge in [0.2, 0.25) is 5.91 Å². The average molecular weight is 611 g/mol. The van der Waals surface area contributed by atoms with Crippen LogP contribution in [-0.2, 0) is 11.3 Å². The number of aliphatic hydroxyl groups is 1. The van der Waals surface area contributed by atoms with Gasteiger partial charge in [-0.3, -0.25) is 9.59 Å². The number of allylic oxidation sites excluding steroid dienone is 1. The Labute approximate surface area is 250 Å². The number of aliphatic hydroxyl groups excluding tert-OH is 1. The van der Waals surface area contributed by atoms with Crippen molar-refractivity contribution in [3.8, 4) is 23.0 Å². The minimum atomic E-state index is -0.732. The number of hydrogen-bond donors (Lipinski definition) is 5. The summed E-state index contributed by atoms with van der Waals surface area (Å²) in [4.78, 5) is 41.1. The number of ether oxygens (including phenoxy) is 1. The maximum absolute atomic E-state index is 15.3. The number of aromatic nitrogens is 2. The zero-order valence-electron chi connectivity index (χ0n) is 22.9. The predicted octanol–water partition coefficient (Wildman–Crippen LogP) is 1.51. The van der Waals surface area contributed by atoms with E-state index in [0.29, 0.717) is 23.6 Å². The number of nitrogens with one attached hydrogen (secondary N) is 2. The highest BCUT2D eigenvalue weighted by atomic mass is 35.5. The molecule has 2 aliphatic heterocycles. The molecule has 1 aromatic heterocycles. The third-order valence-corrected chi connectivity index (χ3v) is 7.04. The van der Waals surface area contributed by atoms with E-state index in [1.807, 2.05) is 0 Å². The Kier molecular flexibility index (Phi) is 8.61. The van der Waals surface area contributed by atoms with Crippen LogP contribution in [0.2, 0.25) is 5.02 Å². The van der Waals surface area contributed by atoms with Crippen molar-refractivity contribution in [2.24, 2.45) is 11.6 Å². The number of halogens is 2. The summed E-state index contributed by atoms with van der Waals surface area (Å²) < 4.78 is 20.5. The summed E-state index contributed by atoms with van der Waals surface area (Å²) in [5.41, 5.74) is 7.33. The van der Waals surface area contributed by atoms with Crippen LogP contribution in [0.25, 0.3) is 11.3 Å². The number of dihydropyridines is 1. The second kappa shape index (κ2) is 12.5. The van der Waals surface area contributed by atoms with Crippen LogP contribution < -0.4 is 31.8 Å². The summed E-state index contributed by atoms with van der Waals surface area (Å²) in [6.07, 6.45) is 4.71. The lowest BCUT2D eigenvalue weighted by Crippen LogP contribution is -2.43. The summed E-state index contributed by atoms with van der Waals surface area (Å²) in [6.45, 7) is -0.381. The molecule has 3 heterocycles. The molecule has 0 bridgehead atoms. The summed E-state index contributed by atoms with van der Waals surface area (Å²) >= 11 is 6.33. The number of amides is 2. The van der Waals surface area contributed by atoms with Gasteiger partial charge in [-0.05, 0) is 35.9 Å². The van der Waals surface area contributed by atoms with Gasteiger partial charge in [0.15, 0.2) is 5.82 Å². The first-order valence-corrected chi connectivity index (χ1v) is 13.4. The molecule has 0 saturated heterocycles. The lowest BCUT2D eigenvalue weighted by atomic mass is 10.0. The van der Waals surface area contributed by atoms with E-state index in [1.165, 1.54) is 30.3 Å². The molecule has 0 radical (unpaired) electrons. The zero-order chi connectivity index (χ0) is 30.7. The number of carbonyl (C=O) groups is 2. The molecular formula is C28H28ClFN8O5. The van der Waals surface area contributed by atoms with Crippen molar-refractivity contribution in [2.45, 2.75) is 12.6 Å². The van der Waals surface area contributed by atoms with Crippen LogP contribution in [-0.4, -0.2) is 63.8 Å². The highest BCUT2D eigenvalue weighted by Gasteiger charge is 2.33. The van der Waals surface area contributed by atoms with Gasteiger partial charge in [-0.25, -0.2) is 15.2 Å². The fourth-order valence-electron chi connectivity index (χ4n) is 4.65. The maximum Gasteiger partial charge on any atom is 0.345 e. The quantitative estimate of drug-likeness (QED) is 0.166. The molecule has 0 fully saturated rings. The van der Waals surface area contributed by atoms with Gasteiger partial charge in [0.05, 0.1) is 48.9 Å². The van der Waals surface area contributed by atoms with Gasteiger partial charge in [0.1, 0.15) is 18.1 Å². The van der Waals surface area contributed by atoms with E-state index in [-0.39, 0.29) is 58.9 Å². The van der Waals surface area contributed by atoms with E-state index in [9.17, 15) is 14.7 Å². The number of fused-ring (bicyclic) bond motifs is 1. The second-order valence-corrected chi connectivity index (χ2v) is 9.99. The van der Waals surface area contributed by atoms with Crippen molar-refractivity contribution in [3.63, 3.8) is 0 Å². The van der Waals surface area contributed by atoms with Gasteiger partial charge in [0.25, 0.3) is 5.91 Å². The van der Waals surface area contributed by atoms with Gasteiger partial charge in [-0.1, -0.05) is 29.8 Å². The number of hydroxylamine groups is 1. The standard InChI is InChI=1S/C28H28ClFN8O5/c1-42-17-5-2-4-15(8-17)23(14-39)35-24(40)13-37-12-19-18(27(37)41)9-16(10-21(19)30)25-20(29)11-34-28(36-25)43-38(32)26-22(31)6-3-7-33-26/h2-6,8-11,23,33,39H,7,12-14,31-32H2,1H3,(H,35,40). The third kappa shape index (κ3) is 6.30. The number of benzene rings is 2. The Morgan fingerprint density at radius 2 is 2.16 bits per heavy atom. The van der Waals surface area contributed by atoms with Crippen molar-refractivity contribution in [1.29, 1.82) is 0 Å². The highest BCUT2D eigenvalue weighted by Crippen LogP contribution is 2.33. The molecule has 1 atom stereocenters. The van der Waals surface area contributed by atoms with E-state index in [4.69, 9.17) is 32.8 Å². The van der Waals surface area contributed by atoms with Gasteiger partial charge < -0.3 is 35.9 Å². The first kappa shape index (κ1) is 29.6. The van der Waals surface area contributed by atoms with E-state index < -0.39 is 23.7 Å². The average Bonchev–Trinajstić information content (AvgIpc) is 3.32. The van der Waals surface area contributed by atoms with Gasteiger partial charge in [-0.15, -0.1) is 5.17 Å². The molecule has 3 aromatic rings. The van der Waals surface area contributed by atoms with Crippen molar-refractivity contribution in [3.05, 3.63) is 93.8 Å². The third-order valence-electron chi connectivity index (χ3n) is 6.76. The molecule has 2 aliphatic rings. The Bertz CT molecular complexity index is 1630. The summed E-state index contributed by atoms with van der Waals surface area (Å²) in [6, 6.07) is 8.57. The smallest absolute Gasteiger partial charge is 0.345 e. The fourth-order valence-corrected chi connectivity index (χ4v) is 4.85. The predicted molar refractivity (Wildman–Crippen MR) is 153 cm³/mol. The van der Waals surface area contributed by atoms with Crippen molar-refractivity contribution < 1.29 is 28.7 Å². The number of methoxy groups -OCH3 is 1. The van der Waals surface area contributed by atoms with Gasteiger partial charge in [-0.2, -0.15) is 4.98 Å². The summed E-state index contributed by atoms with van der Waals surface area (Å²) in [5, 5.41) is 16.4. The van der Waals surface area contributed by atoms with Gasteiger partial charge >= 0.3 is 6.01 Å². The Morgan fingerprint density at radius 3 is 2.91 bits per heavy atom. The normalized spacial score (nSPS) is 14.7. The van der Waals surface area contributed by atoms with E-state index in [2.05, 4.69) is 20.6 Å². The largest absolute Gasteiger partial charge is 0.497 e.